The highest BCUT2D eigenvalue weighted by Crippen LogP contribution is 2.38. The Kier molecular flexibility index (Phi) is 15.8. The molecule has 2 amide bonds. The van der Waals surface area contributed by atoms with Crippen molar-refractivity contribution in [1.29, 1.82) is 0 Å². The Labute approximate surface area is 335 Å². The summed E-state index contributed by atoms with van der Waals surface area (Å²) in [4.78, 5) is 26.5. The predicted molar refractivity (Wildman–Crippen MR) is 213 cm³/mol. The molecule has 3 aromatic carbocycles. The van der Waals surface area contributed by atoms with Gasteiger partial charge in [-0.2, -0.15) is 0 Å². The first-order valence-corrected chi connectivity index (χ1v) is 19.9. The summed E-state index contributed by atoms with van der Waals surface area (Å²) in [6.07, 6.45) is 11.0. The van der Waals surface area contributed by atoms with E-state index in [9.17, 15) is 9.59 Å². The van der Waals surface area contributed by atoms with E-state index in [2.05, 4.69) is 31.3 Å². The van der Waals surface area contributed by atoms with Gasteiger partial charge in [0.2, 0.25) is 11.8 Å². The van der Waals surface area contributed by atoms with Gasteiger partial charge < -0.3 is 20.1 Å². The molecule has 0 aliphatic carbocycles. The van der Waals surface area contributed by atoms with Gasteiger partial charge in [-0.1, -0.05) is 76.6 Å². The number of anilines is 2. The number of ether oxygens (including phenoxy) is 2. The van der Waals surface area contributed by atoms with Crippen LogP contribution < -0.4 is 20.1 Å². The number of carbonyl (C=O) groups excluding carboxylic acids is 2. The third kappa shape index (κ3) is 11.2. The van der Waals surface area contributed by atoms with E-state index >= 15 is 17.6 Å². The topological polar surface area (TPSA) is 138 Å². The lowest BCUT2D eigenvalue weighted by atomic mass is 10.0. The van der Waals surface area contributed by atoms with E-state index in [1.807, 2.05) is 27.7 Å². The number of hydrogen-bond donors (Lipinski definition) is 2. The molecule has 58 heavy (non-hydrogen) atoms. The molecule has 0 atom stereocenters. The number of benzene rings is 3. The SMILES string of the molecule is CCCCCC(=O)Nc1cc(NC(=O)CCCCC)c(-c2cn(-c3cc(F)c(OCCCC)c(F)c3)nn2)cc1-c1cn(-c2cc(F)c(OCCCC)c(F)c2)nn1. The second-order valence-corrected chi connectivity index (χ2v) is 13.9. The predicted octanol–water partition coefficient (Wildman–Crippen LogP) is 10.1. The fourth-order valence-electron chi connectivity index (χ4n) is 6.02. The van der Waals surface area contributed by atoms with Crippen LogP contribution in [-0.2, 0) is 9.59 Å². The van der Waals surface area contributed by atoms with Crippen molar-refractivity contribution in [3.8, 4) is 45.4 Å². The van der Waals surface area contributed by atoms with Crippen molar-refractivity contribution >= 4 is 23.2 Å². The van der Waals surface area contributed by atoms with Crippen molar-refractivity contribution in [1.82, 2.24) is 30.0 Å². The van der Waals surface area contributed by atoms with E-state index in [0.29, 0.717) is 36.8 Å². The lowest BCUT2D eigenvalue weighted by Crippen LogP contribution is -2.15. The minimum Gasteiger partial charge on any atom is -0.488 e. The summed E-state index contributed by atoms with van der Waals surface area (Å²) in [5.41, 5.74) is 1.66. The fourth-order valence-corrected chi connectivity index (χ4v) is 6.02. The van der Waals surface area contributed by atoms with Crippen LogP contribution in [-0.4, -0.2) is 55.0 Å². The van der Waals surface area contributed by atoms with Crippen molar-refractivity contribution in [2.24, 2.45) is 0 Å². The number of halogens is 4. The second kappa shape index (κ2) is 21.1. The van der Waals surface area contributed by atoms with Crippen LogP contribution in [0.1, 0.15) is 105 Å². The summed E-state index contributed by atoms with van der Waals surface area (Å²) >= 11 is 0. The molecule has 2 aromatic heterocycles. The van der Waals surface area contributed by atoms with E-state index < -0.39 is 34.8 Å². The molecule has 0 spiro atoms. The maximum atomic E-state index is 15.1. The smallest absolute Gasteiger partial charge is 0.224 e. The summed E-state index contributed by atoms with van der Waals surface area (Å²) in [7, 11) is 0. The molecule has 0 radical (unpaired) electrons. The Hall–Kier alpha value is -5.80. The van der Waals surface area contributed by atoms with Crippen LogP contribution in [0.3, 0.4) is 0 Å². The highest BCUT2D eigenvalue weighted by Gasteiger charge is 2.22. The second-order valence-electron chi connectivity index (χ2n) is 13.9. The van der Waals surface area contributed by atoms with Crippen molar-refractivity contribution in [2.45, 2.75) is 105 Å². The minimum atomic E-state index is -0.911. The summed E-state index contributed by atoms with van der Waals surface area (Å²) < 4.78 is 73.2. The zero-order chi connectivity index (χ0) is 41.6. The van der Waals surface area contributed by atoms with Crippen LogP contribution in [0.2, 0.25) is 0 Å². The summed E-state index contributed by atoms with van der Waals surface area (Å²) in [5, 5.41) is 22.7. The number of hydrogen-bond acceptors (Lipinski definition) is 8. The Morgan fingerprint density at radius 1 is 0.552 bits per heavy atom. The first kappa shape index (κ1) is 43.3. The average molecular weight is 807 g/mol. The van der Waals surface area contributed by atoms with Crippen LogP contribution in [0.4, 0.5) is 28.9 Å². The molecule has 310 valence electrons. The molecule has 2 N–H and O–H groups in total. The molecular formula is C42H50F4N8O4. The Bertz CT molecular complexity index is 1980. The molecule has 5 rings (SSSR count). The molecule has 0 bridgehead atoms. The molecule has 0 aliphatic heterocycles. The number of nitrogens with one attached hydrogen (secondary N) is 2. The molecule has 12 nitrogen and oxygen atoms in total. The van der Waals surface area contributed by atoms with Crippen LogP contribution in [0.5, 0.6) is 11.5 Å². The van der Waals surface area contributed by atoms with Gasteiger partial charge in [0.1, 0.15) is 11.4 Å². The van der Waals surface area contributed by atoms with Crippen molar-refractivity contribution in [3.63, 3.8) is 0 Å². The maximum absolute atomic E-state index is 15.1. The zero-order valence-corrected chi connectivity index (χ0v) is 33.3. The van der Waals surface area contributed by atoms with Gasteiger partial charge in [0.25, 0.3) is 0 Å². The summed E-state index contributed by atoms with van der Waals surface area (Å²) in [5.74, 6) is -5.19. The number of rotatable bonds is 22. The van der Waals surface area contributed by atoms with E-state index in [0.717, 1.165) is 62.8 Å². The van der Waals surface area contributed by atoms with E-state index in [1.165, 1.54) is 21.8 Å². The zero-order valence-electron chi connectivity index (χ0n) is 33.3. The van der Waals surface area contributed by atoms with Crippen LogP contribution >= 0.6 is 0 Å². The molecule has 16 heteroatoms. The highest BCUT2D eigenvalue weighted by molar-refractivity contribution is 6.02. The molecule has 5 aromatic rings. The van der Waals surface area contributed by atoms with Gasteiger partial charge in [0, 0.05) is 48.2 Å². The van der Waals surface area contributed by atoms with E-state index in [-0.39, 0.29) is 72.0 Å². The number of amides is 2. The number of unbranched alkanes of at least 4 members (excludes halogenated alkanes) is 6. The van der Waals surface area contributed by atoms with E-state index in [4.69, 9.17) is 9.47 Å². The first-order valence-electron chi connectivity index (χ1n) is 19.9. The van der Waals surface area contributed by atoms with Crippen molar-refractivity contribution < 1.29 is 36.6 Å². The summed E-state index contributed by atoms with van der Waals surface area (Å²) in [6.45, 7) is 8.24. The van der Waals surface area contributed by atoms with Gasteiger partial charge in [-0.25, -0.2) is 26.9 Å². The van der Waals surface area contributed by atoms with Gasteiger partial charge >= 0.3 is 0 Å². The molecule has 2 heterocycles. The van der Waals surface area contributed by atoms with Gasteiger partial charge in [-0.05, 0) is 37.8 Å². The van der Waals surface area contributed by atoms with Crippen LogP contribution in [0.25, 0.3) is 33.9 Å². The standard InChI is InChI=1S/C42H50F4N8O4/c1-5-9-13-15-39(55)47-35-24-36(48-40(56)16-14-10-6-2)30(38-26-54(52-50-38)28-21-33(45)42(34(46)22-28)58-18-12-8-4)23-29(35)37-25-53(51-49-37)27-19-31(43)41(32(44)20-27)57-17-11-7-3/h19-26H,5-18H2,1-4H3,(H,47,55)(H,48,56). The fraction of sp³-hybridized carbons (Fsp3) is 0.429. The van der Waals surface area contributed by atoms with Crippen molar-refractivity contribution in [2.75, 3.05) is 23.8 Å². The molecule has 0 saturated carbocycles. The number of carbonyl (C=O) groups is 2. The number of aromatic nitrogens is 6. The van der Waals surface area contributed by atoms with Crippen LogP contribution in [0.15, 0.2) is 48.8 Å². The largest absolute Gasteiger partial charge is 0.488 e. The Morgan fingerprint density at radius 3 is 1.29 bits per heavy atom. The first-order chi connectivity index (χ1) is 28.1. The monoisotopic (exact) mass is 806 g/mol. The van der Waals surface area contributed by atoms with Gasteiger partial charge in [0.05, 0.1) is 48.4 Å². The maximum Gasteiger partial charge on any atom is 0.224 e. The molecular weight excluding hydrogens is 757 g/mol. The summed E-state index contributed by atoms with van der Waals surface area (Å²) in [6, 6.07) is 7.50. The Balaban J connectivity index is 1.59. The van der Waals surface area contributed by atoms with E-state index in [1.54, 1.807) is 12.1 Å². The third-order valence-electron chi connectivity index (χ3n) is 9.24. The average Bonchev–Trinajstić information content (AvgIpc) is 3.89. The molecule has 0 saturated heterocycles. The highest BCUT2D eigenvalue weighted by atomic mass is 19.1. The quantitative estimate of drug-likeness (QED) is 0.0521. The lowest BCUT2D eigenvalue weighted by molar-refractivity contribution is -0.117. The van der Waals surface area contributed by atoms with Gasteiger partial charge in [-0.3, -0.25) is 9.59 Å². The van der Waals surface area contributed by atoms with Gasteiger partial charge in [0.15, 0.2) is 34.8 Å². The molecule has 0 aliphatic rings. The number of nitrogens with zero attached hydrogens (tertiary/aromatic N) is 6. The van der Waals surface area contributed by atoms with Crippen molar-refractivity contribution in [3.05, 3.63) is 72.1 Å². The Morgan fingerprint density at radius 2 is 0.931 bits per heavy atom. The minimum absolute atomic E-state index is 0.0297. The molecule has 0 fully saturated rings. The van der Waals surface area contributed by atoms with Gasteiger partial charge in [-0.15, -0.1) is 10.2 Å². The third-order valence-corrected chi connectivity index (χ3v) is 9.24. The van der Waals surface area contributed by atoms with Crippen LogP contribution in [0, 0.1) is 23.3 Å². The lowest BCUT2D eigenvalue weighted by Gasteiger charge is -2.16. The normalized spacial score (nSPS) is 11.2. The molecule has 0 unspecified atom stereocenters.